The number of nitrogens with one attached hydrogen (secondary N) is 1. The number of terminal acetylenes is 1. The number of anilines is 1. The predicted molar refractivity (Wildman–Crippen MR) is 70.8 cm³/mol. The van der Waals surface area contributed by atoms with Crippen LogP contribution in [0.1, 0.15) is 19.8 Å². The normalized spacial score (nSPS) is 13.5. The predicted octanol–water partition coefficient (Wildman–Crippen LogP) is 3.33. The van der Waals surface area contributed by atoms with Crippen molar-refractivity contribution in [2.75, 3.05) is 5.32 Å². The Morgan fingerprint density at radius 1 is 1.38 bits per heavy atom. The first-order valence-electron chi connectivity index (χ1n) is 5.94. The van der Waals surface area contributed by atoms with Gasteiger partial charge in [-0.2, -0.15) is 13.2 Å². The fourth-order valence-electron chi connectivity index (χ4n) is 1.62. The van der Waals surface area contributed by atoms with Gasteiger partial charge in [0.2, 0.25) is 0 Å². The van der Waals surface area contributed by atoms with Crippen LogP contribution in [0.4, 0.5) is 23.2 Å². The number of rotatable bonds is 5. The standard InChI is InChI=1S/C13H13F4NO2S/c1-3-5-10(4-2)18-11-7-6-9(14)8-12(11)21(19,20)13(15,16)17/h1,6-8,10,18H,4-5H2,2H3. The summed E-state index contributed by atoms with van der Waals surface area (Å²) in [5.74, 6) is 1.25. The van der Waals surface area contributed by atoms with Gasteiger partial charge in [0.15, 0.2) is 0 Å². The van der Waals surface area contributed by atoms with Crippen LogP contribution in [-0.2, 0) is 9.84 Å². The lowest BCUT2D eigenvalue weighted by molar-refractivity contribution is -0.0435. The molecule has 0 aliphatic rings. The van der Waals surface area contributed by atoms with Gasteiger partial charge < -0.3 is 5.32 Å². The largest absolute Gasteiger partial charge is 0.501 e. The van der Waals surface area contributed by atoms with Gasteiger partial charge in [-0.25, -0.2) is 12.8 Å². The summed E-state index contributed by atoms with van der Waals surface area (Å²) in [6.07, 6.45) is 5.79. The van der Waals surface area contributed by atoms with Gasteiger partial charge in [-0.3, -0.25) is 0 Å². The summed E-state index contributed by atoms with van der Waals surface area (Å²) in [5, 5.41) is 2.62. The molecule has 0 bridgehead atoms. The zero-order valence-electron chi connectivity index (χ0n) is 11.0. The highest BCUT2D eigenvalue weighted by Crippen LogP contribution is 2.35. The molecule has 0 radical (unpaired) electrons. The minimum absolute atomic E-state index is 0.194. The topological polar surface area (TPSA) is 46.2 Å². The van der Waals surface area contributed by atoms with Crippen LogP contribution in [-0.4, -0.2) is 20.0 Å². The summed E-state index contributed by atoms with van der Waals surface area (Å²) in [7, 11) is -5.65. The van der Waals surface area contributed by atoms with E-state index in [1.54, 1.807) is 6.92 Å². The maximum absolute atomic E-state index is 13.1. The van der Waals surface area contributed by atoms with Crippen LogP contribution < -0.4 is 5.32 Å². The van der Waals surface area contributed by atoms with E-state index in [0.717, 1.165) is 12.1 Å². The smallest absolute Gasteiger partial charge is 0.380 e. The van der Waals surface area contributed by atoms with E-state index in [2.05, 4.69) is 11.2 Å². The molecule has 1 unspecified atom stereocenters. The monoisotopic (exact) mass is 323 g/mol. The molecule has 1 aromatic rings. The van der Waals surface area contributed by atoms with Crippen molar-refractivity contribution < 1.29 is 26.0 Å². The Bertz CT molecular complexity index is 647. The molecule has 3 nitrogen and oxygen atoms in total. The third-order valence-electron chi connectivity index (χ3n) is 2.75. The first kappa shape index (κ1) is 17.3. The highest BCUT2D eigenvalue weighted by molar-refractivity contribution is 7.92. The second-order valence-corrected chi connectivity index (χ2v) is 6.16. The van der Waals surface area contributed by atoms with Crippen LogP contribution in [0.5, 0.6) is 0 Å². The molecule has 116 valence electrons. The van der Waals surface area contributed by atoms with Crippen molar-refractivity contribution in [1.82, 2.24) is 0 Å². The first-order chi connectivity index (χ1) is 9.63. The molecule has 1 aromatic carbocycles. The molecule has 0 aliphatic carbocycles. The van der Waals surface area contributed by atoms with E-state index in [9.17, 15) is 26.0 Å². The minimum atomic E-state index is -5.65. The van der Waals surface area contributed by atoms with Crippen LogP contribution in [0.25, 0.3) is 0 Å². The van der Waals surface area contributed by atoms with E-state index >= 15 is 0 Å². The second-order valence-electron chi connectivity index (χ2n) is 4.25. The van der Waals surface area contributed by atoms with Crippen molar-refractivity contribution in [3.63, 3.8) is 0 Å². The summed E-state index contributed by atoms with van der Waals surface area (Å²) in [6, 6.07) is 1.75. The number of benzene rings is 1. The summed E-state index contributed by atoms with van der Waals surface area (Å²) < 4.78 is 74.0. The highest BCUT2D eigenvalue weighted by Gasteiger charge is 2.48. The quantitative estimate of drug-likeness (QED) is 0.668. The summed E-state index contributed by atoms with van der Waals surface area (Å²) in [4.78, 5) is -1.15. The van der Waals surface area contributed by atoms with Crippen LogP contribution in [0.2, 0.25) is 0 Å². The third-order valence-corrected chi connectivity index (χ3v) is 4.28. The summed E-state index contributed by atoms with van der Waals surface area (Å²) >= 11 is 0. The maximum Gasteiger partial charge on any atom is 0.501 e. The van der Waals surface area contributed by atoms with E-state index in [-0.39, 0.29) is 12.1 Å². The van der Waals surface area contributed by atoms with Gasteiger partial charge in [0, 0.05) is 12.5 Å². The van der Waals surface area contributed by atoms with E-state index in [1.165, 1.54) is 0 Å². The van der Waals surface area contributed by atoms with E-state index < -0.39 is 32.1 Å². The first-order valence-corrected chi connectivity index (χ1v) is 7.42. The van der Waals surface area contributed by atoms with Crippen molar-refractivity contribution in [1.29, 1.82) is 0 Å². The van der Waals surface area contributed by atoms with Crippen LogP contribution in [0.3, 0.4) is 0 Å². The fraction of sp³-hybridized carbons (Fsp3) is 0.385. The molecule has 8 heteroatoms. The van der Waals surface area contributed by atoms with Crippen molar-refractivity contribution in [3.05, 3.63) is 24.0 Å². The molecule has 0 aromatic heterocycles. The van der Waals surface area contributed by atoms with Gasteiger partial charge in [-0.15, -0.1) is 12.3 Å². The molecule has 0 aliphatic heterocycles. The molecule has 0 amide bonds. The maximum atomic E-state index is 13.1. The molecule has 0 spiro atoms. The molecule has 1 N–H and O–H groups in total. The molecule has 0 saturated carbocycles. The Labute approximate surface area is 120 Å². The molecule has 1 rings (SSSR count). The number of hydrogen-bond donors (Lipinski definition) is 1. The van der Waals surface area contributed by atoms with Crippen LogP contribution in [0.15, 0.2) is 23.1 Å². The summed E-state index contributed by atoms with van der Waals surface area (Å²) in [5.41, 5.74) is -5.83. The van der Waals surface area contributed by atoms with Crippen LogP contribution >= 0.6 is 0 Å². The lowest BCUT2D eigenvalue weighted by atomic mass is 10.1. The average molecular weight is 323 g/mol. The minimum Gasteiger partial charge on any atom is -0.380 e. The number of hydrogen-bond acceptors (Lipinski definition) is 3. The van der Waals surface area contributed by atoms with Gasteiger partial charge in [-0.05, 0) is 24.6 Å². The lowest BCUT2D eigenvalue weighted by Gasteiger charge is -2.19. The number of alkyl halides is 3. The Kier molecular flexibility index (Phi) is 5.23. The Morgan fingerprint density at radius 2 is 2.00 bits per heavy atom. The SMILES string of the molecule is C#CCC(CC)Nc1ccc(F)cc1S(=O)(=O)C(F)(F)F. The molecule has 1 atom stereocenters. The Hall–Kier alpha value is -1.75. The molecule has 0 heterocycles. The van der Waals surface area contributed by atoms with E-state index in [4.69, 9.17) is 6.42 Å². The Morgan fingerprint density at radius 3 is 2.48 bits per heavy atom. The summed E-state index contributed by atoms with van der Waals surface area (Å²) in [6.45, 7) is 1.73. The Balaban J connectivity index is 3.34. The van der Waals surface area contributed by atoms with Crippen molar-refractivity contribution in [2.24, 2.45) is 0 Å². The van der Waals surface area contributed by atoms with Gasteiger partial charge in [0.1, 0.15) is 10.7 Å². The van der Waals surface area contributed by atoms with Gasteiger partial charge in [0.05, 0.1) is 5.69 Å². The van der Waals surface area contributed by atoms with Gasteiger partial charge in [0.25, 0.3) is 9.84 Å². The molecule has 0 saturated heterocycles. The van der Waals surface area contributed by atoms with E-state index in [0.29, 0.717) is 12.5 Å². The number of halogens is 4. The average Bonchev–Trinajstić information content (AvgIpc) is 2.38. The zero-order chi connectivity index (χ0) is 16.3. The second kappa shape index (κ2) is 6.35. The zero-order valence-corrected chi connectivity index (χ0v) is 11.9. The van der Waals surface area contributed by atoms with E-state index in [1.807, 2.05) is 0 Å². The number of sulfone groups is 1. The van der Waals surface area contributed by atoms with Crippen molar-refractivity contribution >= 4 is 15.5 Å². The lowest BCUT2D eigenvalue weighted by Crippen LogP contribution is -2.26. The highest BCUT2D eigenvalue weighted by atomic mass is 32.2. The molecular weight excluding hydrogens is 310 g/mol. The van der Waals surface area contributed by atoms with Crippen molar-refractivity contribution in [2.45, 2.75) is 36.2 Å². The third kappa shape index (κ3) is 3.88. The molecular formula is C13H13F4NO2S. The van der Waals surface area contributed by atoms with Crippen LogP contribution in [0, 0.1) is 18.2 Å². The fourth-order valence-corrected chi connectivity index (χ4v) is 2.56. The van der Waals surface area contributed by atoms with Crippen molar-refractivity contribution in [3.8, 4) is 12.3 Å². The van der Waals surface area contributed by atoms with Gasteiger partial charge in [-0.1, -0.05) is 6.92 Å². The van der Waals surface area contributed by atoms with Gasteiger partial charge >= 0.3 is 5.51 Å². The molecule has 0 fully saturated rings. The molecule has 21 heavy (non-hydrogen) atoms.